The van der Waals surface area contributed by atoms with Gasteiger partial charge in [0.15, 0.2) is 0 Å². The summed E-state index contributed by atoms with van der Waals surface area (Å²) in [5, 5.41) is 3.12. The van der Waals surface area contributed by atoms with Gasteiger partial charge in [0.1, 0.15) is 11.5 Å². The zero-order valence-electron chi connectivity index (χ0n) is 16.2. The number of nitrogens with one attached hydrogen (secondary N) is 1. The predicted molar refractivity (Wildman–Crippen MR) is 104 cm³/mol. The van der Waals surface area contributed by atoms with E-state index in [1.54, 1.807) is 0 Å². The number of hydrogen-bond acceptors (Lipinski definition) is 3. The maximum Gasteiger partial charge on any atom is 0.224 e. The van der Waals surface area contributed by atoms with Gasteiger partial charge in [0.2, 0.25) is 5.91 Å². The summed E-state index contributed by atoms with van der Waals surface area (Å²) in [4.78, 5) is 14.7. The van der Waals surface area contributed by atoms with E-state index in [1.165, 1.54) is 11.1 Å². The van der Waals surface area contributed by atoms with Crippen molar-refractivity contribution < 1.29 is 9.21 Å². The smallest absolute Gasteiger partial charge is 0.224 e. The quantitative estimate of drug-likeness (QED) is 0.859. The molecule has 2 heterocycles. The lowest BCUT2D eigenvalue weighted by Crippen LogP contribution is -2.38. The number of furan rings is 1. The van der Waals surface area contributed by atoms with Crippen LogP contribution in [0, 0.1) is 26.7 Å². The average Bonchev–Trinajstić information content (AvgIpc) is 2.91. The van der Waals surface area contributed by atoms with E-state index in [0.29, 0.717) is 12.3 Å². The van der Waals surface area contributed by atoms with Gasteiger partial charge in [-0.1, -0.05) is 29.8 Å². The fraction of sp³-hybridized carbons (Fsp3) is 0.500. The van der Waals surface area contributed by atoms with Crippen LogP contribution in [0.1, 0.15) is 41.1 Å². The highest BCUT2D eigenvalue weighted by Gasteiger charge is 2.21. The Labute approximate surface area is 156 Å². The number of carbonyl (C=O) groups excluding carboxylic acids is 1. The second kappa shape index (κ2) is 8.54. The summed E-state index contributed by atoms with van der Waals surface area (Å²) in [6.07, 6.45) is 2.75. The maximum absolute atomic E-state index is 12.2. The van der Waals surface area contributed by atoms with Crippen LogP contribution in [0.15, 0.2) is 34.7 Å². The van der Waals surface area contributed by atoms with Gasteiger partial charge in [-0.3, -0.25) is 9.69 Å². The largest absolute Gasteiger partial charge is 0.466 e. The van der Waals surface area contributed by atoms with Crippen molar-refractivity contribution in [1.29, 1.82) is 0 Å². The van der Waals surface area contributed by atoms with Crippen LogP contribution in [0.25, 0.3) is 0 Å². The van der Waals surface area contributed by atoms with Gasteiger partial charge in [0, 0.05) is 18.7 Å². The Morgan fingerprint density at radius 2 is 1.96 bits per heavy atom. The molecule has 4 nitrogen and oxygen atoms in total. The highest BCUT2D eigenvalue weighted by atomic mass is 16.3. The third-order valence-corrected chi connectivity index (χ3v) is 5.28. The number of amides is 1. The molecule has 0 spiro atoms. The molecule has 0 aliphatic carbocycles. The minimum Gasteiger partial charge on any atom is -0.466 e. The molecule has 0 saturated carbocycles. The van der Waals surface area contributed by atoms with Gasteiger partial charge in [-0.05, 0) is 64.3 Å². The number of aryl methyl sites for hydroxylation is 3. The van der Waals surface area contributed by atoms with Crippen LogP contribution in [0.4, 0.5) is 0 Å². The molecule has 4 heteroatoms. The summed E-state index contributed by atoms with van der Waals surface area (Å²) in [6, 6.07) is 10.3. The number of carbonyl (C=O) groups is 1. The molecule has 0 unspecified atom stereocenters. The molecule has 1 aliphatic heterocycles. The lowest BCUT2D eigenvalue weighted by molar-refractivity contribution is -0.120. The van der Waals surface area contributed by atoms with Gasteiger partial charge in [0.25, 0.3) is 0 Å². The van der Waals surface area contributed by atoms with E-state index in [1.807, 2.05) is 26.0 Å². The molecule has 1 amide bonds. The first-order valence-corrected chi connectivity index (χ1v) is 9.60. The molecule has 1 aromatic heterocycles. The summed E-state index contributed by atoms with van der Waals surface area (Å²) in [5.74, 6) is 2.74. The van der Waals surface area contributed by atoms with Gasteiger partial charge in [-0.2, -0.15) is 0 Å². The van der Waals surface area contributed by atoms with Crippen molar-refractivity contribution in [1.82, 2.24) is 10.2 Å². The van der Waals surface area contributed by atoms with Gasteiger partial charge in [-0.25, -0.2) is 0 Å². The Morgan fingerprint density at radius 3 is 2.62 bits per heavy atom. The first kappa shape index (κ1) is 18.7. The van der Waals surface area contributed by atoms with E-state index in [2.05, 4.69) is 35.3 Å². The second-order valence-electron chi connectivity index (χ2n) is 7.63. The van der Waals surface area contributed by atoms with Gasteiger partial charge < -0.3 is 9.73 Å². The molecule has 2 aromatic rings. The summed E-state index contributed by atoms with van der Waals surface area (Å²) >= 11 is 0. The van der Waals surface area contributed by atoms with Crippen molar-refractivity contribution in [3.05, 3.63) is 58.5 Å². The zero-order chi connectivity index (χ0) is 18.5. The SMILES string of the molecule is Cc1cccc(CC(=O)NCC2CCN(Cc3cc(C)oc3C)CC2)c1. The molecule has 0 radical (unpaired) electrons. The van der Waals surface area contributed by atoms with Crippen LogP contribution < -0.4 is 5.32 Å². The van der Waals surface area contributed by atoms with Crippen LogP contribution in [0.3, 0.4) is 0 Å². The van der Waals surface area contributed by atoms with E-state index in [0.717, 1.165) is 56.1 Å². The first-order chi connectivity index (χ1) is 12.5. The zero-order valence-corrected chi connectivity index (χ0v) is 16.2. The van der Waals surface area contributed by atoms with Crippen LogP contribution >= 0.6 is 0 Å². The number of nitrogens with zero attached hydrogens (tertiary/aromatic N) is 1. The summed E-state index contributed by atoms with van der Waals surface area (Å²) in [7, 11) is 0. The molecule has 3 rings (SSSR count). The van der Waals surface area contributed by atoms with E-state index in [-0.39, 0.29) is 5.91 Å². The molecule has 0 atom stereocenters. The monoisotopic (exact) mass is 354 g/mol. The number of benzene rings is 1. The van der Waals surface area contributed by atoms with Crippen molar-refractivity contribution in [3.63, 3.8) is 0 Å². The topological polar surface area (TPSA) is 45.5 Å². The number of likely N-dealkylation sites (tertiary alicyclic amines) is 1. The third-order valence-electron chi connectivity index (χ3n) is 5.28. The fourth-order valence-electron chi connectivity index (χ4n) is 3.76. The number of hydrogen-bond donors (Lipinski definition) is 1. The van der Waals surface area contributed by atoms with Crippen molar-refractivity contribution in [3.8, 4) is 0 Å². The second-order valence-corrected chi connectivity index (χ2v) is 7.63. The Bertz CT molecular complexity index is 742. The van der Waals surface area contributed by atoms with Crippen molar-refractivity contribution >= 4 is 5.91 Å². The summed E-state index contributed by atoms with van der Waals surface area (Å²) in [5.41, 5.74) is 3.58. The average molecular weight is 354 g/mol. The summed E-state index contributed by atoms with van der Waals surface area (Å²) < 4.78 is 5.62. The molecule has 1 aliphatic rings. The predicted octanol–water partition coefficient (Wildman–Crippen LogP) is 3.78. The molecule has 140 valence electrons. The van der Waals surface area contributed by atoms with Crippen molar-refractivity contribution in [2.75, 3.05) is 19.6 Å². The molecule has 0 bridgehead atoms. The lowest BCUT2D eigenvalue weighted by atomic mass is 9.96. The van der Waals surface area contributed by atoms with E-state index in [9.17, 15) is 4.79 Å². The van der Waals surface area contributed by atoms with Crippen molar-refractivity contribution in [2.45, 2.75) is 46.6 Å². The Morgan fingerprint density at radius 1 is 1.19 bits per heavy atom. The van der Waals surface area contributed by atoms with Crippen LogP contribution in [0.2, 0.25) is 0 Å². The minimum absolute atomic E-state index is 0.127. The normalized spacial score (nSPS) is 16.0. The standard InChI is InChI=1S/C22H30N2O2/c1-16-5-4-6-20(11-16)13-22(25)23-14-19-7-9-24(10-8-19)15-21-12-17(2)26-18(21)3/h4-6,11-12,19H,7-10,13-15H2,1-3H3,(H,23,25). The Hall–Kier alpha value is -2.07. The lowest BCUT2D eigenvalue weighted by Gasteiger charge is -2.31. The fourth-order valence-corrected chi connectivity index (χ4v) is 3.76. The number of piperidine rings is 1. The highest BCUT2D eigenvalue weighted by Crippen LogP contribution is 2.21. The first-order valence-electron chi connectivity index (χ1n) is 9.60. The molecule has 1 N–H and O–H groups in total. The van der Waals surface area contributed by atoms with Gasteiger partial charge in [0.05, 0.1) is 6.42 Å². The van der Waals surface area contributed by atoms with Crippen LogP contribution in [-0.4, -0.2) is 30.4 Å². The van der Waals surface area contributed by atoms with E-state index >= 15 is 0 Å². The molecule has 1 saturated heterocycles. The van der Waals surface area contributed by atoms with Gasteiger partial charge >= 0.3 is 0 Å². The van der Waals surface area contributed by atoms with Gasteiger partial charge in [-0.15, -0.1) is 0 Å². The van der Waals surface area contributed by atoms with E-state index in [4.69, 9.17) is 4.42 Å². The Kier molecular flexibility index (Phi) is 6.15. The third kappa shape index (κ3) is 5.21. The van der Waals surface area contributed by atoms with E-state index < -0.39 is 0 Å². The minimum atomic E-state index is 0.127. The molecule has 1 fully saturated rings. The molecular weight excluding hydrogens is 324 g/mol. The van der Waals surface area contributed by atoms with Crippen LogP contribution in [-0.2, 0) is 17.8 Å². The Balaban J connectivity index is 1.38. The maximum atomic E-state index is 12.2. The highest BCUT2D eigenvalue weighted by molar-refractivity contribution is 5.78. The molecule has 1 aromatic carbocycles. The molecular formula is C22H30N2O2. The number of rotatable bonds is 6. The molecule has 26 heavy (non-hydrogen) atoms. The summed E-state index contributed by atoms with van der Waals surface area (Å²) in [6.45, 7) is 10.0. The van der Waals surface area contributed by atoms with Crippen molar-refractivity contribution in [2.24, 2.45) is 5.92 Å². The van der Waals surface area contributed by atoms with Crippen LogP contribution in [0.5, 0.6) is 0 Å².